The van der Waals surface area contributed by atoms with Crippen LogP contribution >= 0.6 is 0 Å². The van der Waals surface area contributed by atoms with Crippen molar-refractivity contribution in [2.45, 2.75) is 17.4 Å². The topological polar surface area (TPSA) is 111 Å². The first kappa shape index (κ1) is 22.2. The summed E-state index contributed by atoms with van der Waals surface area (Å²) in [6.45, 7) is 1.06. The molecule has 174 valence electrons. The van der Waals surface area contributed by atoms with Gasteiger partial charge in [0.2, 0.25) is 5.95 Å². The predicted molar refractivity (Wildman–Crippen MR) is 126 cm³/mol. The minimum absolute atomic E-state index is 0.0465. The van der Waals surface area contributed by atoms with E-state index in [1.807, 2.05) is 0 Å². The Morgan fingerprint density at radius 2 is 1.88 bits per heavy atom. The molecule has 0 radical (unpaired) electrons. The van der Waals surface area contributed by atoms with Gasteiger partial charge in [-0.2, -0.15) is 0 Å². The highest BCUT2D eigenvalue weighted by molar-refractivity contribution is 7.91. The van der Waals surface area contributed by atoms with Crippen LogP contribution in [-0.2, 0) is 9.84 Å². The van der Waals surface area contributed by atoms with Crippen LogP contribution in [0.3, 0.4) is 0 Å². The molecule has 8 nitrogen and oxygen atoms in total. The van der Waals surface area contributed by atoms with Crippen LogP contribution in [0.1, 0.15) is 16.8 Å². The Labute approximate surface area is 195 Å². The minimum Gasteiger partial charge on any atom is -0.337 e. The number of carbonyl (C=O) groups is 1. The molecule has 4 aromatic rings. The Morgan fingerprint density at radius 3 is 2.53 bits per heavy atom. The molecule has 5 rings (SSSR count). The van der Waals surface area contributed by atoms with Gasteiger partial charge in [0.1, 0.15) is 5.82 Å². The average Bonchev–Trinajstić information content (AvgIpc) is 3.42. The molecule has 0 saturated carbocycles. The number of likely N-dealkylation sites (tertiary alicyclic amines) is 1. The number of amides is 1. The van der Waals surface area contributed by atoms with Crippen LogP contribution in [0.2, 0.25) is 0 Å². The van der Waals surface area contributed by atoms with Crippen molar-refractivity contribution in [1.82, 2.24) is 19.4 Å². The minimum atomic E-state index is -3.57. The summed E-state index contributed by atoms with van der Waals surface area (Å²) in [4.78, 5) is 23.5. The molecule has 1 aliphatic rings. The van der Waals surface area contributed by atoms with Gasteiger partial charge >= 0.3 is 0 Å². The Balaban J connectivity index is 1.61. The Bertz CT molecular complexity index is 1520. The highest BCUT2D eigenvalue weighted by atomic mass is 32.2. The van der Waals surface area contributed by atoms with Crippen molar-refractivity contribution in [3.8, 4) is 17.1 Å². The molecule has 2 aromatic carbocycles. The van der Waals surface area contributed by atoms with Crippen LogP contribution in [0.25, 0.3) is 28.0 Å². The zero-order valence-electron chi connectivity index (χ0n) is 18.3. The molecule has 1 saturated heterocycles. The van der Waals surface area contributed by atoms with Gasteiger partial charge in [-0.15, -0.1) is 0 Å². The average molecular weight is 480 g/mol. The third-order valence-electron chi connectivity index (χ3n) is 5.97. The van der Waals surface area contributed by atoms with Crippen molar-refractivity contribution in [3.63, 3.8) is 0 Å². The number of hydrogen-bond acceptors (Lipinski definition) is 6. The standard InChI is InChI=1S/C24H22FN5O3S/c1-34(32,33)22-14-30(24-27-11-16(12-28-24)18-4-2-3-5-20(18)25)21-10-15(6-7-19(21)22)23(31)29-9-8-17(26)13-29/h2-7,10-12,14,17H,8-9,13,26H2,1H3. The van der Waals surface area contributed by atoms with E-state index in [9.17, 15) is 17.6 Å². The SMILES string of the molecule is CS(=O)(=O)c1cn(-c2ncc(-c3ccccc3F)cn2)c2cc(C(=O)N3CCC(N)C3)ccc12. The van der Waals surface area contributed by atoms with Crippen molar-refractivity contribution in [2.24, 2.45) is 5.73 Å². The molecule has 3 heterocycles. The number of aromatic nitrogens is 3. The molecular weight excluding hydrogens is 457 g/mol. The molecule has 2 N–H and O–H groups in total. The van der Waals surface area contributed by atoms with Crippen molar-refractivity contribution in [3.05, 3.63) is 72.4 Å². The highest BCUT2D eigenvalue weighted by Gasteiger charge is 2.26. The summed E-state index contributed by atoms with van der Waals surface area (Å²) < 4.78 is 40.6. The molecule has 1 fully saturated rings. The first-order chi connectivity index (χ1) is 16.2. The predicted octanol–water partition coefficient (Wildman–Crippen LogP) is 2.80. The van der Waals surface area contributed by atoms with Crippen LogP contribution in [0.4, 0.5) is 4.39 Å². The number of rotatable bonds is 4. The normalized spacial score (nSPS) is 16.3. The van der Waals surface area contributed by atoms with Gasteiger partial charge in [0.05, 0.1) is 10.4 Å². The van der Waals surface area contributed by atoms with Gasteiger partial charge in [0, 0.05) is 66.1 Å². The lowest BCUT2D eigenvalue weighted by molar-refractivity contribution is 0.0791. The van der Waals surface area contributed by atoms with Crippen molar-refractivity contribution in [1.29, 1.82) is 0 Å². The molecule has 0 spiro atoms. The summed E-state index contributed by atoms with van der Waals surface area (Å²) in [5.74, 6) is -0.360. The van der Waals surface area contributed by atoms with E-state index in [4.69, 9.17) is 5.73 Å². The quantitative estimate of drug-likeness (QED) is 0.482. The van der Waals surface area contributed by atoms with E-state index in [-0.39, 0.29) is 22.8 Å². The largest absolute Gasteiger partial charge is 0.337 e. The summed E-state index contributed by atoms with van der Waals surface area (Å²) in [7, 11) is -3.57. The first-order valence-electron chi connectivity index (χ1n) is 10.7. The van der Waals surface area contributed by atoms with E-state index in [1.54, 1.807) is 41.3 Å². The molecule has 34 heavy (non-hydrogen) atoms. The first-order valence-corrected chi connectivity index (χ1v) is 12.6. The van der Waals surface area contributed by atoms with E-state index >= 15 is 0 Å². The maximum Gasteiger partial charge on any atom is 0.253 e. The Hall–Kier alpha value is -3.63. The maximum atomic E-state index is 14.1. The second-order valence-corrected chi connectivity index (χ2v) is 10.4. The van der Waals surface area contributed by atoms with Gasteiger partial charge in [-0.3, -0.25) is 9.36 Å². The number of benzene rings is 2. The third kappa shape index (κ3) is 3.95. The summed E-state index contributed by atoms with van der Waals surface area (Å²) in [6.07, 6.45) is 6.27. The van der Waals surface area contributed by atoms with Crippen LogP contribution in [0.15, 0.2) is 66.0 Å². The van der Waals surface area contributed by atoms with E-state index in [2.05, 4.69) is 9.97 Å². The van der Waals surface area contributed by atoms with Gasteiger partial charge in [-0.25, -0.2) is 22.8 Å². The lowest BCUT2D eigenvalue weighted by atomic mass is 10.1. The van der Waals surface area contributed by atoms with Gasteiger partial charge in [-0.1, -0.05) is 24.3 Å². The molecular formula is C24H22FN5O3S. The summed E-state index contributed by atoms with van der Waals surface area (Å²) >= 11 is 0. The molecule has 0 bridgehead atoms. The lowest BCUT2D eigenvalue weighted by Gasteiger charge is -2.16. The zero-order chi connectivity index (χ0) is 24.0. The van der Waals surface area contributed by atoms with Crippen LogP contribution in [0, 0.1) is 5.82 Å². The number of nitrogens with two attached hydrogens (primary N) is 1. The fourth-order valence-electron chi connectivity index (χ4n) is 4.22. The monoisotopic (exact) mass is 479 g/mol. The summed E-state index contributed by atoms with van der Waals surface area (Å²) in [5, 5.41) is 0.457. The summed E-state index contributed by atoms with van der Waals surface area (Å²) in [5.41, 5.74) is 7.69. The molecule has 2 aromatic heterocycles. The van der Waals surface area contributed by atoms with E-state index in [1.165, 1.54) is 29.2 Å². The molecule has 1 amide bonds. The molecule has 1 unspecified atom stereocenters. The molecule has 10 heteroatoms. The second-order valence-electron chi connectivity index (χ2n) is 8.42. The van der Waals surface area contributed by atoms with E-state index < -0.39 is 15.7 Å². The fourth-order valence-corrected chi connectivity index (χ4v) is 5.09. The number of carbonyl (C=O) groups excluding carboxylic acids is 1. The number of nitrogens with zero attached hydrogens (tertiary/aromatic N) is 4. The Kier molecular flexibility index (Phi) is 5.41. The molecule has 1 atom stereocenters. The highest BCUT2D eigenvalue weighted by Crippen LogP contribution is 2.29. The van der Waals surface area contributed by atoms with Gasteiger partial charge in [0.25, 0.3) is 5.91 Å². The van der Waals surface area contributed by atoms with Gasteiger partial charge in [-0.05, 0) is 24.6 Å². The van der Waals surface area contributed by atoms with Crippen molar-refractivity contribution < 1.29 is 17.6 Å². The van der Waals surface area contributed by atoms with E-state index in [0.717, 1.165) is 12.7 Å². The number of hydrogen-bond donors (Lipinski definition) is 1. The van der Waals surface area contributed by atoms with Crippen LogP contribution in [-0.4, -0.2) is 59.1 Å². The second kappa shape index (κ2) is 8.30. The fraction of sp³-hybridized carbons (Fsp3) is 0.208. The number of sulfone groups is 1. The maximum absolute atomic E-state index is 14.1. The van der Waals surface area contributed by atoms with Crippen molar-refractivity contribution in [2.75, 3.05) is 19.3 Å². The van der Waals surface area contributed by atoms with Gasteiger partial charge < -0.3 is 10.6 Å². The molecule has 0 aliphatic carbocycles. The zero-order valence-corrected chi connectivity index (χ0v) is 19.2. The van der Waals surface area contributed by atoms with Crippen molar-refractivity contribution >= 4 is 26.6 Å². The molecule has 1 aliphatic heterocycles. The third-order valence-corrected chi connectivity index (χ3v) is 7.09. The number of fused-ring (bicyclic) bond motifs is 1. The smallest absolute Gasteiger partial charge is 0.253 e. The number of halogens is 1. The van der Waals surface area contributed by atoms with E-state index in [0.29, 0.717) is 40.7 Å². The van der Waals surface area contributed by atoms with Crippen LogP contribution in [0.5, 0.6) is 0 Å². The Morgan fingerprint density at radius 1 is 1.15 bits per heavy atom. The summed E-state index contributed by atoms with van der Waals surface area (Å²) in [6, 6.07) is 11.1. The van der Waals surface area contributed by atoms with Gasteiger partial charge in [0.15, 0.2) is 9.84 Å². The van der Waals surface area contributed by atoms with Crippen LogP contribution < -0.4 is 5.73 Å². The lowest BCUT2D eigenvalue weighted by Crippen LogP contribution is -2.31.